The zero-order valence-corrected chi connectivity index (χ0v) is 12.2. The van der Waals surface area contributed by atoms with Crippen LogP contribution in [-0.2, 0) is 0 Å². The van der Waals surface area contributed by atoms with Gasteiger partial charge in [0.2, 0.25) is 0 Å². The Kier molecular flexibility index (Phi) is 6.81. The average molecular weight is 249 g/mol. The Morgan fingerprint density at radius 1 is 1.22 bits per heavy atom. The number of rotatable bonds is 8. The standard InChI is InChI=1S/C16H27NO/c1-5-7-11-16(17-6-2)14-9-8-10-15(12-14)18-13(3)4/h8-10,12-13,16-17H,5-7,11H2,1-4H3. The van der Waals surface area contributed by atoms with Crippen LogP contribution in [0.1, 0.15) is 58.6 Å². The molecule has 0 bridgehead atoms. The molecule has 102 valence electrons. The number of unbranched alkanes of at least 4 members (excludes halogenated alkanes) is 1. The van der Waals surface area contributed by atoms with E-state index in [4.69, 9.17) is 4.74 Å². The van der Waals surface area contributed by atoms with Crippen LogP contribution in [0, 0.1) is 0 Å². The maximum Gasteiger partial charge on any atom is 0.120 e. The SMILES string of the molecule is CCCCC(NCC)c1cccc(OC(C)C)c1. The van der Waals surface area contributed by atoms with Crippen LogP contribution in [0.5, 0.6) is 5.75 Å². The Hall–Kier alpha value is -1.02. The van der Waals surface area contributed by atoms with Gasteiger partial charge in [0.25, 0.3) is 0 Å². The Bertz CT molecular complexity index is 336. The first kappa shape index (κ1) is 15.0. The minimum Gasteiger partial charge on any atom is -0.491 e. The molecule has 0 heterocycles. The number of hydrogen-bond donors (Lipinski definition) is 1. The normalized spacial score (nSPS) is 12.7. The van der Waals surface area contributed by atoms with Crippen molar-refractivity contribution < 1.29 is 4.74 Å². The molecule has 1 atom stereocenters. The number of hydrogen-bond acceptors (Lipinski definition) is 2. The van der Waals surface area contributed by atoms with Crippen LogP contribution < -0.4 is 10.1 Å². The number of benzene rings is 1. The van der Waals surface area contributed by atoms with Crippen LogP contribution in [0.15, 0.2) is 24.3 Å². The van der Waals surface area contributed by atoms with Crippen LogP contribution in [0.25, 0.3) is 0 Å². The van der Waals surface area contributed by atoms with Gasteiger partial charge in [-0.2, -0.15) is 0 Å². The predicted molar refractivity (Wildman–Crippen MR) is 78.1 cm³/mol. The van der Waals surface area contributed by atoms with Gasteiger partial charge in [0, 0.05) is 6.04 Å². The highest BCUT2D eigenvalue weighted by Gasteiger charge is 2.10. The second kappa shape index (κ2) is 8.15. The topological polar surface area (TPSA) is 21.3 Å². The van der Waals surface area contributed by atoms with Gasteiger partial charge in [-0.3, -0.25) is 0 Å². The summed E-state index contributed by atoms with van der Waals surface area (Å²) in [5.41, 5.74) is 1.34. The van der Waals surface area contributed by atoms with E-state index in [1.54, 1.807) is 0 Å². The van der Waals surface area contributed by atoms with E-state index in [-0.39, 0.29) is 6.10 Å². The maximum atomic E-state index is 5.76. The summed E-state index contributed by atoms with van der Waals surface area (Å²) in [7, 11) is 0. The second-order valence-electron chi connectivity index (χ2n) is 4.99. The summed E-state index contributed by atoms with van der Waals surface area (Å²) in [6, 6.07) is 8.93. The fraction of sp³-hybridized carbons (Fsp3) is 0.625. The van der Waals surface area contributed by atoms with Crippen molar-refractivity contribution in [3.63, 3.8) is 0 Å². The van der Waals surface area contributed by atoms with E-state index in [0.717, 1.165) is 12.3 Å². The summed E-state index contributed by atoms with van der Waals surface area (Å²) >= 11 is 0. The van der Waals surface area contributed by atoms with Crippen LogP contribution in [-0.4, -0.2) is 12.6 Å². The molecule has 1 aromatic rings. The molecular formula is C16H27NO. The highest BCUT2D eigenvalue weighted by molar-refractivity contribution is 5.30. The Labute approximate surface area is 112 Å². The lowest BCUT2D eigenvalue weighted by molar-refractivity contribution is 0.242. The molecule has 0 spiro atoms. The van der Waals surface area contributed by atoms with Crippen molar-refractivity contribution in [2.75, 3.05) is 6.54 Å². The van der Waals surface area contributed by atoms with Crippen molar-refractivity contribution in [1.29, 1.82) is 0 Å². The molecule has 0 aliphatic carbocycles. The summed E-state index contributed by atoms with van der Waals surface area (Å²) in [6.45, 7) is 9.52. The van der Waals surface area contributed by atoms with Crippen molar-refractivity contribution in [3.8, 4) is 5.75 Å². The fourth-order valence-corrected chi connectivity index (χ4v) is 2.12. The average Bonchev–Trinajstić information content (AvgIpc) is 2.34. The molecule has 2 nitrogen and oxygen atoms in total. The molecule has 1 rings (SSSR count). The van der Waals surface area contributed by atoms with Crippen LogP contribution in [0.3, 0.4) is 0 Å². The van der Waals surface area contributed by atoms with Gasteiger partial charge >= 0.3 is 0 Å². The van der Waals surface area contributed by atoms with Gasteiger partial charge in [0.1, 0.15) is 5.75 Å². The van der Waals surface area contributed by atoms with E-state index in [9.17, 15) is 0 Å². The quantitative estimate of drug-likeness (QED) is 0.741. The molecule has 0 aliphatic rings. The lowest BCUT2D eigenvalue weighted by Crippen LogP contribution is -2.21. The third kappa shape index (κ3) is 5.09. The second-order valence-corrected chi connectivity index (χ2v) is 4.99. The molecule has 1 aromatic carbocycles. The van der Waals surface area contributed by atoms with Crippen LogP contribution in [0.4, 0.5) is 0 Å². The van der Waals surface area contributed by atoms with E-state index in [2.05, 4.69) is 51.2 Å². The molecule has 0 saturated heterocycles. The largest absolute Gasteiger partial charge is 0.491 e. The molecule has 0 aromatic heterocycles. The summed E-state index contributed by atoms with van der Waals surface area (Å²) < 4.78 is 5.76. The van der Waals surface area contributed by atoms with E-state index in [1.165, 1.54) is 24.8 Å². The molecule has 0 fully saturated rings. The predicted octanol–water partition coefficient (Wildman–Crippen LogP) is 4.31. The van der Waals surface area contributed by atoms with Gasteiger partial charge in [0.15, 0.2) is 0 Å². The van der Waals surface area contributed by atoms with Gasteiger partial charge in [-0.15, -0.1) is 0 Å². The lowest BCUT2D eigenvalue weighted by atomic mass is 10.0. The lowest BCUT2D eigenvalue weighted by Gasteiger charge is -2.19. The third-order valence-corrected chi connectivity index (χ3v) is 2.93. The molecule has 18 heavy (non-hydrogen) atoms. The first-order valence-corrected chi connectivity index (χ1v) is 7.17. The zero-order chi connectivity index (χ0) is 13.4. The molecule has 0 amide bonds. The first-order chi connectivity index (χ1) is 8.67. The van der Waals surface area contributed by atoms with Gasteiger partial charge in [0.05, 0.1) is 6.10 Å². The van der Waals surface area contributed by atoms with E-state index in [0.29, 0.717) is 6.04 Å². The zero-order valence-electron chi connectivity index (χ0n) is 12.2. The molecule has 2 heteroatoms. The smallest absolute Gasteiger partial charge is 0.120 e. The summed E-state index contributed by atoms with van der Waals surface area (Å²) in [5.74, 6) is 0.974. The minimum atomic E-state index is 0.230. The fourth-order valence-electron chi connectivity index (χ4n) is 2.12. The van der Waals surface area contributed by atoms with Gasteiger partial charge in [-0.1, -0.05) is 38.8 Å². The van der Waals surface area contributed by atoms with Crippen molar-refractivity contribution in [3.05, 3.63) is 29.8 Å². The molecule has 1 unspecified atom stereocenters. The third-order valence-electron chi connectivity index (χ3n) is 2.93. The van der Waals surface area contributed by atoms with Gasteiger partial charge in [-0.05, 0) is 44.5 Å². The van der Waals surface area contributed by atoms with Crippen LogP contribution in [0.2, 0.25) is 0 Å². The number of nitrogens with one attached hydrogen (secondary N) is 1. The molecule has 0 aliphatic heterocycles. The Balaban J connectivity index is 2.76. The van der Waals surface area contributed by atoms with E-state index in [1.807, 2.05) is 6.07 Å². The van der Waals surface area contributed by atoms with Crippen LogP contribution >= 0.6 is 0 Å². The molecule has 0 saturated carbocycles. The highest BCUT2D eigenvalue weighted by Crippen LogP contribution is 2.23. The van der Waals surface area contributed by atoms with Crippen molar-refractivity contribution in [2.24, 2.45) is 0 Å². The van der Waals surface area contributed by atoms with Gasteiger partial charge in [-0.25, -0.2) is 0 Å². The summed E-state index contributed by atoms with van der Waals surface area (Å²) in [5, 5.41) is 3.56. The van der Waals surface area contributed by atoms with Gasteiger partial charge < -0.3 is 10.1 Å². The molecule has 0 radical (unpaired) electrons. The Morgan fingerprint density at radius 3 is 2.61 bits per heavy atom. The first-order valence-electron chi connectivity index (χ1n) is 7.17. The Morgan fingerprint density at radius 2 is 2.00 bits per heavy atom. The van der Waals surface area contributed by atoms with Crippen molar-refractivity contribution >= 4 is 0 Å². The van der Waals surface area contributed by atoms with Crippen molar-refractivity contribution in [2.45, 2.75) is 59.1 Å². The molecule has 1 N–H and O–H groups in total. The van der Waals surface area contributed by atoms with Crippen molar-refractivity contribution in [1.82, 2.24) is 5.32 Å². The maximum absolute atomic E-state index is 5.76. The summed E-state index contributed by atoms with van der Waals surface area (Å²) in [6.07, 6.45) is 3.92. The monoisotopic (exact) mass is 249 g/mol. The summed E-state index contributed by atoms with van der Waals surface area (Å²) in [4.78, 5) is 0. The number of ether oxygens (including phenoxy) is 1. The molecular weight excluding hydrogens is 222 g/mol. The minimum absolute atomic E-state index is 0.230. The van der Waals surface area contributed by atoms with E-state index >= 15 is 0 Å². The highest BCUT2D eigenvalue weighted by atomic mass is 16.5. The van der Waals surface area contributed by atoms with E-state index < -0.39 is 0 Å².